The second-order valence-corrected chi connectivity index (χ2v) is 5.02. The molecule has 0 aromatic carbocycles. The van der Waals surface area contributed by atoms with Crippen LogP contribution in [0.3, 0.4) is 0 Å². The van der Waals surface area contributed by atoms with E-state index in [1.54, 1.807) is 0 Å². The average molecular weight is 229 g/mol. The zero-order valence-electron chi connectivity index (χ0n) is 10.9. The van der Waals surface area contributed by atoms with Gasteiger partial charge in [0.1, 0.15) is 0 Å². The average Bonchev–Trinajstić information content (AvgIpc) is 2.66. The van der Waals surface area contributed by atoms with E-state index >= 15 is 0 Å². The lowest BCUT2D eigenvalue weighted by Crippen LogP contribution is -2.39. The quantitative estimate of drug-likeness (QED) is 0.602. The normalized spacial score (nSPS) is 24.2. The van der Waals surface area contributed by atoms with Crippen molar-refractivity contribution in [3.63, 3.8) is 0 Å². The fourth-order valence-electron chi connectivity index (χ4n) is 2.21. The van der Waals surface area contributed by atoms with Crippen LogP contribution >= 0.6 is 0 Å². The van der Waals surface area contributed by atoms with E-state index in [9.17, 15) is 5.11 Å². The number of aliphatic hydroxyl groups excluding tert-OH is 1. The fraction of sp³-hybridized carbons (Fsp3) is 1.00. The molecular formula is C12H27N3O. The van der Waals surface area contributed by atoms with Crippen molar-refractivity contribution in [2.75, 3.05) is 46.8 Å². The van der Waals surface area contributed by atoms with Crippen molar-refractivity contribution in [1.29, 1.82) is 0 Å². The topological polar surface area (TPSA) is 38.7 Å². The van der Waals surface area contributed by atoms with Crippen molar-refractivity contribution in [3.05, 3.63) is 0 Å². The van der Waals surface area contributed by atoms with E-state index in [-0.39, 0.29) is 6.10 Å². The number of rotatable bonds is 7. The van der Waals surface area contributed by atoms with Crippen LogP contribution < -0.4 is 5.32 Å². The SMILES string of the molecule is CCCNCC(O)CN1CCC(N(C)C)C1. The highest BCUT2D eigenvalue weighted by Crippen LogP contribution is 2.12. The molecule has 1 fully saturated rings. The monoisotopic (exact) mass is 229 g/mol. The van der Waals surface area contributed by atoms with Crippen LogP contribution in [0.2, 0.25) is 0 Å². The number of hydrogen-bond acceptors (Lipinski definition) is 4. The Labute approximate surface area is 99.6 Å². The van der Waals surface area contributed by atoms with Gasteiger partial charge in [-0.15, -0.1) is 0 Å². The molecule has 0 amide bonds. The summed E-state index contributed by atoms with van der Waals surface area (Å²) in [7, 11) is 4.26. The minimum atomic E-state index is -0.229. The van der Waals surface area contributed by atoms with Crippen LogP contribution in [0.5, 0.6) is 0 Å². The zero-order valence-corrected chi connectivity index (χ0v) is 10.9. The fourth-order valence-corrected chi connectivity index (χ4v) is 2.21. The summed E-state index contributed by atoms with van der Waals surface area (Å²) in [6.45, 7) is 6.88. The molecule has 0 spiro atoms. The molecule has 1 rings (SSSR count). The van der Waals surface area contributed by atoms with E-state index in [1.165, 1.54) is 6.42 Å². The molecule has 0 saturated carbocycles. The van der Waals surface area contributed by atoms with Gasteiger partial charge in [0.25, 0.3) is 0 Å². The number of nitrogens with one attached hydrogen (secondary N) is 1. The van der Waals surface area contributed by atoms with E-state index in [1.807, 2.05) is 0 Å². The molecule has 4 nitrogen and oxygen atoms in total. The smallest absolute Gasteiger partial charge is 0.0791 e. The predicted octanol–water partition coefficient (Wildman–Crippen LogP) is -0.0172. The molecule has 0 aliphatic carbocycles. The van der Waals surface area contributed by atoms with Crippen LogP contribution in [-0.2, 0) is 0 Å². The van der Waals surface area contributed by atoms with Gasteiger partial charge in [-0.1, -0.05) is 6.92 Å². The third kappa shape index (κ3) is 4.78. The van der Waals surface area contributed by atoms with Gasteiger partial charge in [-0.3, -0.25) is 4.90 Å². The zero-order chi connectivity index (χ0) is 12.0. The minimum Gasteiger partial charge on any atom is -0.390 e. The summed E-state index contributed by atoms with van der Waals surface area (Å²) in [5.41, 5.74) is 0. The van der Waals surface area contributed by atoms with Gasteiger partial charge in [-0.2, -0.15) is 0 Å². The molecule has 1 heterocycles. The first-order chi connectivity index (χ1) is 7.63. The van der Waals surface area contributed by atoms with Crippen molar-refractivity contribution in [3.8, 4) is 0 Å². The van der Waals surface area contributed by atoms with Crippen LogP contribution in [-0.4, -0.2) is 73.9 Å². The lowest BCUT2D eigenvalue weighted by molar-refractivity contribution is 0.120. The maximum Gasteiger partial charge on any atom is 0.0791 e. The van der Waals surface area contributed by atoms with Gasteiger partial charge in [0, 0.05) is 25.7 Å². The molecule has 0 radical (unpaired) electrons. The second-order valence-electron chi connectivity index (χ2n) is 5.02. The molecule has 2 atom stereocenters. The van der Waals surface area contributed by atoms with Crippen molar-refractivity contribution in [1.82, 2.24) is 15.1 Å². The summed E-state index contributed by atoms with van der Waals surface area (Å²) < 4.78 is 0. The summed E-state index contributed by atoms with van der Waals surface area (Å²) in [5.74, 6) is 0. The number of β-amino-alcohol motifs (C(OH)–C–C–N with tert-alkyl or cyclic N) is 1. The minimum absolute atomic E-state index is 0.229. The lowest BCUT2D eigenvalue weighted by atomic mass is 10.2. The van der Waals surface area contributed by atoms with Gasteiger partial charge in [0.05, 0.1) is 6.10 Å². The maximum atomic E-state index is 9.84. The number of aliphatic hydroxyl groups is 1. The highest BCUT2D eigenvalue weighted by Gasteiger charge is 2.24. The van der Waals surface area contributed by atoms with Gasteiger partial charge >= 0.3 is 0 Å². The molecular weight excluding hydrogens is 202 g/mol. The molecule has 0 aromatic heterocycles. The molecule has 16 heavy (non-hydrogen) atoms. The number of likely N-dealkylation sites (tertiary alicyclic amines) is 1. The Morgan fingerprint density at radius 1 is 1.50 bits per heavy atom. The van der Waals surface area contributed by atoms with Crippen molar-refractivity contribution < 1.29 is 5.11 Å². The Hall–Kier alpha value is -0.160. The van der Waals surface area contributed by atoms with Crippen LogP contribution in [0.25, 0.3) is 0 Å². The predicted molar refractivity (Wildman–Crippen MR) is 67.7 cm³/mol. The summed E-state index contributed by atoms with van der Waals surface area (Å²) in [6.07, 6.45) is 2.12. The first-order valence-corrected chi connectivity index (χ1v) is 6.41. The van der Waals surface area contributed by atoms with Crippen molar-refractivity contribution in [2.45, 2.75) is 31.9 Å². The number of nitrogens with zero attached hydrogens (tertiary/aromatic N) is 2. The van der Waals surface area contributed by atoms with Gasteiger partial charge in [0.15, 0.2) is 0 Å². The molecule has 1 aliphatic rings. The van der Waals surface area contributed by atoms with Crippen LogP contribution in [0.1, 0.15) is 19.8 Å². The van der Waals surface area contributed by atoms with E-state index in [0.717, 1.165) is 39.1 Å². The molecule has 4 heteroatoms. The van der Waals surface area contributed by atoms with Crippen molar-refractivity contribution >= 4 is 0 Å². The largest absolute Gasteiger partial charge is 0.390 e. The molecule has 2 unspecified atom stereocenters. The van der Waals surface area contributed by atoms with E-state index in [4.69, 9.17) is 0 Å². The molecule has 96 valence electrons. The Kier molecular flexibility index (Phi) is 6.28. The standard InChI is InChI=1S/C12H27N3O/c1-4-6-13-8-12(16)10-15-7-5-11(9-15)14(2)3/h11-13,16H,4-10H2,1-3H3. The maximum absolute atomic E-state index is 9.84. The van der Waals surface area contributed by atoms with E-state index < -0.39 is 0 Å². The summed E-state index contributed by atoms with van der Waals surface area (Å²) >= 11 is 0. The summed E-state index contributed by atoms with van der Waals surface area (Å²) in [4.78, 5) is 4.64. The van der Waals surface area contributed by atoms with E-state index in [0.29, 0.717) is 6.04 Å². The summed E-state index contributed by atoms with van der Waals surface area (Å²) in [6, 6.07) is 0.663. The molecule has 1 saturated heterocycles. The van der Waals surface area contributed by atoms with Crippen LogP contribution in [0.15, 0.2) is 0 Å². The van der Waals surface area contributed by atoms with Crippen LogP contribution in [0, 0.1) is 0 Å². The third-order valence-corrected chi connectivity index (χ3v) is 3.25. The van der Waals surface area contributed by atoms with Gasteiger partial charge in [-0.05, 0) is 40.0 Å². The Morgan fingerprint density at radius 2 is 2.25 bits per heavy atom. The lowest BCUT2D eigenvalue weighted by Gasteiger charge is -2.22. The van der Waals surface area contributed by atoms with Gasteiger partial charge < -0.3 is 15.3 Å². The highest BCUT2D eigenvalue weighted by atomic mass is 16.3. The van der Waals surface area contributed by atoms with Crippen molar-refractivity contribution in [2.24, 2.45) is 0 Å². The molecule has 0 aromatic rings. The first-order valence-electron chi connectivity index (χ1n) is 6.41. The second kappa shape index (κ2) is 7.22. The number of likely N-dealkylation sites (N-methyl/N-ethyl adjacent to an activating group) is 1. The van der Waals surface area contributed by atoms with Gasteiger partial charge in [0.2, 0.25) is 0 Å². The Balaban J connectivity index is 2.13. The van der Waals surface area contributed by atoms with E-state index in [2.05, 4.69) is 36.1 Å². The highest BCUT2D eigenvalue weighted by molar-refractivity contribution is 4.82. The number of hydrogen-bond donors (Lipinski definition) is 2. The molecule has 2 N–H and O–H groups in total. The Morgan fingerprint density at radius 3 is 2.81 bits per heavy atom. The summed E-state index contributed by atoms with van der Waals surface area (Å²) in [5, 5.41) is 13.1. The molecule has 1 aliphatic heterocycles. The molecule has 0 bridgehead atoms. The Bertz CT molecular complexity index is 187. The third-order valence-electron chi connectivity index (χ3n) is 3.25. The van der Waals surface area contributed by atoms with Gasteiger partial charge in [-0.25, -0.2) is 0 Å². The van der Waals surface area contributed by atoms with Crippen LogP contribution in [0.4, 0.5) is 0 Å². The first kappa shape index (κ1) is 13.9.